The molecule has 0 radical (unpaired) electrons. The Balaban J connectivity index is 1.89. The fourth-order valence-corrected chi connectivity index (χ4v) is 1.97. The number of oxazole rings is 1. The lowest BCUT2D eigenvalue weighted by Gasteiger charge is -2.05. The fraction of sp³-hybridized carbons (Fsp3) is 0.333. The summed E-state index contributed by atoms with van der Waals surface area (Å²) in [4.78, 5) is 16.0. The van der Waals surface area contributed by atoms with Crippen LogP contribution in [-0.4, -0.2) is 24.5 Å². The van der Waals surface area contributed by atoms with Gasteiger partial charge in [-0.2, -0.15) is 0 Å². The first-order valence-electron chi connectivity index (χ1n) is 6.45. The van der Waals surface area contributed by atoms with Gasteiger partial charge in [0.25, 0.3) is 5.91 Å². The number of nitrogens with zero attached hydrogens (tertiary/aromatic N) is 1. The van der Waals surface area contributed by atoms with Crippen molar-refractivity contribution in [3.05, 3.63) is 47.2 Å². The predicted molar refractivity (Wildman–Crippen MR) is 75.0 cm³/mol. The Hall–Kier alpha value is -2.30. The topological polar surface area (TPSA) is 64.4 Å². The summed E-state index contributed by atoms with van der Waals surface area (Å²) in [7, 11) is 1.63. The van der Waals surface area contributed by atoms with Gasteiger partial charge in [-0.15, -0.1) is 0 Å². The molecule has 0 saturated heterocycles. The maximum atomic E-state index is 11.9. The second-order valence-electron chi connectivity index (χ2n) is 4.50. The summed E-state index contributed by atoms with van der Waals surface area (Å²) in [5.41, 5.74) is 1.72. The molecule has 2 rings (SSSR count). The Morgan fingerprint density at radius 3 is 2.85 bits per heavy atom. The lowest BCUT2D eigenvalue weighted by Crippen LogP contribution is -2.25. The van der Waals surface area contributed by atoms with Crippen LogP contribution in [0.5, 0.6) is 5.75 Å². The molecule has 1 N–H and O–H groups in total. The SMILES string of the molecule is COc1cccc(CCNC(=O)c2oc(C)nc2C)c1. The molecule has 5 heteroatoms. The molecule has 106 valence electrons. The molecule has 2 aromatic rings. The van der Waals surface area contributed by atoms with E-state index in [-0.39, 0.29) is 11.7 Å². The number of carbonyl (C=O) groups excluding carboxylic acids is 1. The summed E-state index contributed by atoms with van der Waals surface area (Å²) < 4.78 is 10.4. The van der Waals surface area contributed by atoms with Crippen LogP contribution in [0.4, 0.5) is 0 Å². The van der Waals surface area contributed by atoms with Crippen molar-refractivity contribution in [3.63, 3.8) is 0 Å². The number of aromatic nitrogens is 1. The van der Waals surface area contributed by atoms with E-state index in [1.807, 2.05) is 24.3 Å². The van der Waals surface area contributed by atoms with Crippen LogP contribution in [0.25, 0.3) is 0 Å². The van der Waals surface area contributed by atoms with Crippen molar-refractivity contribution in [2.24, 2.45) is 0 Å². The monoisotopic (exact) mass is 274 g/mol. The van der Waals surface area contributed by atoms with E-state index in [1.54, 1.807) is 21.0 Å². The van der Waals surface area contributed by atoms with Crippen molar-refractivity contribution >= 4 is 5.91 Å². The first kappa shape index (κ1) is 14.1. The highest BCUT2D eigenvalue weighted by Gasteiger charge is 2.14. The number of carbonyl (C=O) groups is 1. The Morgan fingerprint density at radius 2 is 2.20 bits per heavy atom. The van der Waals surface area contributed by atoms with Gasteiger partial charge in [0.1, 0.15) is 5.75 Å². The second kappa shape index (κ2) is 6.23. The summed E-state index contributed by atoms with van der Waals surface area (Å²) in [6, 6.07) is 7.78. The van der Waals surface area contributed by atoms with Crippen molar-refractivity contribution < 1.29 is 13.9 Å². The van der Waals surface area contributed by atoms with E-state index in [0.717, 1.165) is 17.7 Å². The molecule has 1 amide bonds. The number of methoxy groups -OCH3 is 1. The summed E-state index contributed by atoms with van der Waals surface area (Å²) in [5.74, 6) is 1.37. The summed E-state index contributed by atoms with van der Waals surface area (Å²) in [6.07, 6.45) is 0.731. The molecular formula is C15H18N2O3. The van der Waals surface area contributed by atoms with Crippen LogP contribution in [0, 0.1) is 13.8 Å². The van der Waals surface area contributed by atoms with Crippen molar-refractivity contribution in [2.45, 2.75) is 20.3 Å². The van der Waals surface area contributed by atoms with E-state index in [4.69, 9.17) is 9.15 Å². The number of benzene rings is 1. The molecule has 5 nitrogen and oxygen atoms in total. The van der Waals surface area contributed by atoms with Gasteiger partial charge in [-0.3, -0.25) is 4.79 Å². The van der Waals surface area contributed by atoms with Crippen LogP contribution in [0.2, 0.25) is 0 Å². The standard InChI is InChI=1S/C15H18N2O3/c1-10-14(20-11(2)17-10)15(18)16-8-7-12-5-4-6-13(9-12)19-3/h4-6,9H,7-8H2,1-3H3,(H,16,18). The Morgan fingerprint density at radius 1 is 1.40 bits per heavy atom. The first-order valence-corrected chi connectivity index (χ1v) is 6.45. The summed E-state index contributed by atoms with van der Waals surface area (Å²) in [6.45, 7) is 4.01. The zero-order valence-electron chi connectivity index (χ0n) is 11.9. The van der Waals surface area contributed by atoms with E-state index in [0.29, 0.717) is 18.1 Å². The molecule has 0 aliphatic heterocycles. The highest BCUT2D eigenvalue weighted by atomic mass is 16.5. The third-order valence-electron chi connectivity index (χ3n) is 2.94. The van der Waals surface area contributed by atoms with Crippen LogP contribution in [0.3, 0.4) is 0 Å². The number of hydrogen-bond acceptors (Lipinski definition) is 4. The van der Waals surface area contributed by atoms with E-state index >= 15 is 0 Å². The van der Waals surface area contributed by atoms with Crippen molar-refractivity contribution in [1.29, 1.82) is 0 Å². The van der Waals surface area contributed by atoms with Gasteiger partial charge in [0, 0.05) is 13.5 Å². The third-order valence-corrected chi connectivity index (χ3v) is 2.94. The number of rotatable bonds is 5. The van der Waals surface area contributed by atoms with Crippen LogP contribution in [-0.2, 0) is 6.42 Å². The molecule has 1 aromatic heterocycles. The van der Waals surface area contributed by atoms with Crippen molar-refractivity contribution in [2.75, 3.05) is 13.7 Å². The lowest BCUT2D eigenvalue weighted by atomic mass is 10.1. The highest BCUT2D eigenvalue weighted by molar-refractivity contribution is 5.92. The van der Waals surface area contributed by atoms with Gasteiger partial charge >= 0.3 is 0 Å². The molecule has 0 atom stereocenters. The third kappa shape index (κ3) is 3.38. The molecule has 0 fully saturated rings. The molecular weight excluding hydrogens is 256 g/mol. The van der Waals surface area contributed by atoms with Gasteiger partial charge in [-0.1, -0.05) is 12.1 Å². The number of aryl methyl sites for hydroxylation is 2. The Kier molecular flexibility index (Phi) is 4.40. The Bertz CT molecular complexity index is 605. The fourth-order valence-electron chi connectivity index (χ4n) is 1.97. The van der Waals surface area contributed by atoms with Crippen molar-refractivity contribution in [3.8, 4) is 5.75 Å². The molecule has 0 bridgehead atoms. The minimum Gasteiger partial charge on any atom is -0.497 e. The zero-order chi connectivity index (χ0) is 14.5. The highest BCUT2D eigenvalue weighted by Crippen LogP contribution is 2.13. The molecule has 0 aliphatic rings. The zero-order valence-corrected chi connectivity index (χ0v) is 11.9. The second-order valence-corrected chi connectivity index (χ2v) is 4.50. The van der Waals surface area contributed by atoms with Gasteiger partial charge < -0.3 is 14.5 Å². The maximum Gasteiger partial charge on any atom is 0.289 e. The van der Waals surface area contributed by atoms with Gasteiger partial charge in [0.15, 0.2) is 5.89 Å². The van der Waals surface area contributed by atoms with Crippen LogP contribution in [0.15, 0.2) is 28.7 Å². The van der Waals surface area contributed by atoms with Crippen molar-refractivity contribution in [1.82, 2.24) is 10.3 Å². The Labute approximate surface area is 118 Å². The van der Waals surface area contributed by atoms with Gasteiger partial charge in [0.2, 0.25) is 5.76 Å². The minimum atomic E-state index is -0.231. The van der Waals surface area contributed by atoms with E-state index in [2.05, 4.69) is 10.3 Å². The average molecular weight is 274 g/mol. The molecule has 20 heavy (non-hydrogen) atoms. The number of hydrogen-bond donors (Lipinski definition) is 1. The molecule has 0 saturated carbocycles. The molecule has 0 unspecified atom stereocenters. The summed E-state index contributed by atoms with van der Waals surface area (Å²) in [5, 5.41) is 2.83. The largest absolute Gasteiger partial charge is 0.497 e. The van der Waals surface area contributed by atoms with Gasteiger partial charge in [-0.25, -0.2) is 4.98 Å². The summed E-state index contributed by atoms with van der Waals surface area (Å²) >= 11 is 0. The molecule has 0 aliphatic carbocycles. The number of nitrogens with one attached hydrogen (secondary N) is 1. The molecule has 0 spiro atoms. The quantitative estimate of drug-likeness (QED) is 0.908. The first-order chi connectivity index (χ1) is 9.60. The molecule has 1 aromatic carbocycles. The van der Waals surface area contributed by atoms with Gasteiger partial charge in [-0.05, 0) is 31.0 Å². The molecule has 1 heterocycles. The van der Waals surface area contributed by atoms with E-state index in [9.17, 15) is 4.79 Å². The average Bonchev–Trinajstić information content (AvgIpc) is 2.78. The number of amides is 1. The lowest BCUT2D eigenvalue weighted by molar-refractivity contribution is 0.0924. The van der Waals surface area contributed by atoms with Gasteiger partial charge in [0.05, 0.1) is 12.8 Å². The predicted octanol–water partition coefficient (Wildman–Crippen LogP) is 2.27. The maximum absolute atomic E-state index is 11.9. The number of ether oxygens (including phenoxy) is 1. The van der Waals surface area contributed by atoms with E-state index < -0.39 is 0 Å². The smallest absolute Gasteiger partial charge is 0.289 e. The minimum absolute atomic E-state index is 0.231. The van der Waals surface area contributed by atoms with E-state index in [1.165, 1.54) is 0 Å². The van der Waals surface area contributed by atoms with Crippen LogP contribution >= 0.6 is 0 Å². The van der Waals surface area contributed by atoms with Crippen LogP contribution in [0.1, 0.15) is 27.7 Å². The normalized spacial score (nSPS) is 10.3. The van der Waals surface area contributed by atoms with Crippen LogP contribution < -0.4 is 10.1 Å².